The van der Waals surface area contributed by atoms with Gasteiger partial charge in [-0.3, -0.25) is 4.79 Å². The second-order valence-corrected chi connectivity index (χ2v) is 7.01. The summed E-state index contributed by atoms with van der Waals surface area (Å²) in [6, 6.07) is 8.88. The first-order chi connectivity index (χ1) is 13.0. The highest BCUT2D eigenvalue weighted by Gasteiger charge is 2.23. The Morgan fingerprint density at radius 2 is 1.89 bits per heavy atom. The standard InChI is InChI=1S/C19H19Cl2N3O3/c1-13-4-5-14(20)11-16(13)23-7-9-24(10-8-23)17(25)12-27-19(26)15-3-2-6-22-18(15)21/h2-6,11H,7-10,12H2,1H3. The van der Waals surface area contributed by atoms with Gasteiger partial charge in [0.05, 0.1) is 5.56 Å². The maximum absolute atomic E-state index is 12.3. The van der Waals surface area contributed by atoms with E-state index in [9.17, 15) is 9.59 Å². The minimum absolute atomic E-state index is 0.0560. The van der Waals surface area contributed by atoms with Crippen molar-refractivity contribution in [2.75, 3.05) is 37.7 Å². The van der Waals surface area contributed by atoms with Crippen molar-refractivity contribution >= 4 is 40.8 Å². The Hall–Kier alpha value is -2.31. The van der Waals surface area contributed by atoms with Crippen molar-refractivity contribution in [1.82, 2.24) is 9.88 Å². The normalized spacial score (nSPS) is 14.2. The molecule has 2 heterocycles. The Morgan fingerprint density at radius 1 is 1.15 bits per heavy atom. The number of benzene rings is 1. The van der Waals surface area contributed by atoms with E-state index in [0.29, 0.717) is 31.2 Å². The minimum atomic E-state index is -0.658. The molecule has 0 radical (unpaired) electrons. The van der Waals surface area contributed by atoms with E-state index in [1.54, 1.807) is 11.0 Å². The molecule has 1 fully saturated rings. The summed E-state index contributed by atoms with van der Waals surface area (Å²) in [4.78, 5) is 32.1. The van der Waals surface area contributed by atoms with Crippen molar-refractivity contribution in [1.29, 1.82) is 0 Å². The van der Waals surface area contributed by atoms with Crippen LogP contribution in [0.1, 0.15) is 15.9 Å². The molecule has 1 aliphatic rings. The molecule has 0 atom stereocenters. The molecule has 6 nitrogen and oxygen atoms in total. The van der Waals surface area contributed by atoms with Gasteiger partial charge in [0.2, 0.25) is 0 Å². The maximum Gasteiger partial charge on any atom is 0.341 e. The van der Waals surface area contributed by atoms with Crippen molar-refractivity contribution in [3.8, 4) is 0 Å². The lowest BCUT2D eigenvalue weighted by Gasteiger charge is -2.36. The first-order valence-corrected chi connectivity index (χ1v) is 9.28. The number of hydrogen-bond donors (Lipinski definition) is 0. The Bertz CT molecular complexity index is 852. The highest BCUT2D eigenvalue weighted by Crippen LogP contribution is 2.25. The Labute approximate surface area is 167 Å². The van der Waals surface area contributed by atoms with Gasteiger partial charge >= 0.3 is 5.97 Å². The maximum atomic E-state index is 12.3. The molecule has 0 bridgehead atoms. The SMILES string of the molecule is Cc1ccc(Cl)cc1N1CCN(C(=O)COC(=O)c2cccnc2Cl)CC1. The molecule has 0 aliphatic carbocycles. The number of rotatable bonds is 4. The Balaban J connectivity index is 1.52. The number of halogens is 2. The molecule has 27 heavy (non-hydrogen) atoms. The van der Waals surface area contributed by atoms with Crippen LogP contribution >= 0.6 is 23.2 Å². The Morgan fingerprint density at radius 3 is 2.59 bits per heavy atom. The molecule has 1 aromatic heterocycles. The third-order valence-electron chi connectivity index (χ3n) is 4.45. The van der Waals surface area contributed by atoms with Crippen molar-refractivity contribution in [2.24, 2.45) is 0 Å². The summed E-state index contributed by atoms with van der Waals surface area (Å²) in [6.07, 6.45) is 1.48. The van der Waals surface area contributed by atoms with Gasteiger partial charge in [-0.25, -0.2) is 9.78 Å². The van der Waals surface area contributed by atoms with Crippen LogP contribution in [0.2, 0.25) is 10.2 Å². The summed E-state index contributed by atoms with van der Waals surface area (Å²) < 4.78 is 5.08. The highest BCUT2D eigenvalue weighted by atomic mass is 35.5. The van der Waals surface area contributed by atoms with Crippen molar-refractivity contribution in [3.05, 3.63) is 57.8 Å². The summed E-state index contributed by atoms with van der Waals surface area (Å²) in [6.45, 7) is 4.20. The van der Waals surface area contributed by atoms with Crippen LogP contribution in [0.15, 0.2) is 36.5 Å². The van der Waals surface area contributed by atoms with Crippen molar-refractivity contribution < 1.29 is 14.3 Å². The summed E-state index contributed by atoms with van der Waals surface area (Å²) in [7, 11) is 0. The number of ether oxygens (including phenoxy) is 1. The third-order valence-corrected chi connectivity index (χ3v) is 4.99. The fourth-order valence-electron chi connectivity index (χ4n) is 2.95. The fourth-order valence-corrected chi connectivity index (χ4v) is 3.32. The number of esters is 1. The first kappa shape index (κ1) is 19.5. The van der Waals surface area contributed by atoms with E-state index in [4.69, 9.17) is 27.9 Å². The van der Waals surface area contributed by atoms with Crippen molar-refractivity contribution in [2.45, 2.75) is 6.92 Å². The summed E-state index contributed by atoms with van der Waals surface area (Å²) in [5.74, 6) is -0.888. The number of amides is 1. The van der Waals surface area contributed by atoms with E-state index in [1.165, 1.54) is 12.3 Å². The molecule has 1 aromatic carbocycles. The number of piperazine rings is 1. The predicted molar refractivity (Wildman–Crippen MR) is 105 cm³/mol. The number of aromatic nitrogens is 1. The number of hydrogen-bond acceptors (Lipinski definition) is 5. The zero-order chi connectivity index (χ0) is 19.4. The van der Waals surface area contributed by atoms with Gasteiger partial charge in [0.15, 0.2) is 6.61 Å². The number of nitrogens with zero attached hydrogens (tertiary/aromatic N) is 3. The van der Waals surface area contributed by atoms with Crippen LogP contribution < -0.4 is 4.90 Å². The van der Waals surface area contributed by atoms with Crippen molar-refractivity contribution in [3.63, 3.8) is 0 Å². The lowest BCUT2D eigenvalue weighted by atomic mass is 10.1. The molecule has 142 valence electrons. The first-order valence-electron chi connectivity index (χ1n) is 8.52. The number of aryl methyl sites for hydroxylation is 1. The van der Waals surface area contributed by atoms with E-state index >= 15 is 0 Å². The van der Waals surface area contributed by atoms with Gasteiger partial charge in [-0.05, 0) is 36.8 Å². The second-order valence-electron chi connectivity index (χ2n) is 6.22. The topological polar surface area (TPSA) is 62.7 Å². The molecule has 1 saturated heterocycles. The van der Waals surface area contributed by atoms with E-state index in [-0.39, 0.29) is 23.2 Å². The van der Waals surface area contributed by atoms with Gasteiger partial charge < -0.3 is 14.5 Å². The van der Waals surface area contributed by atoms with Crippen LogP contribution in [0, 0.1) is 6.92 Å². The monoisotopic (exact) mass is 407 g/mol. The quantitative estimate of drug-likeness (QED) is 0.575. The summed E-state index contributed by atoms with van der Waals surface area (Å²) in [5.41, 5.74) is 2.36. The second kappa shape index (κ2) is 8.59. The van der Waals surface area contributed by atoms with Crippen LogP contribution in [0.25, 0.3) is 0 Å². The highest BCUT2D eigenvalue weighted by molar-refractivity contribution is 6.32. The van der Waals surface area contributed by atoms with Crippen LogP contribution in [0.5, 0.6) is 0 Å². The van der Waals surface area contributed by atoms with E-state index in [1.807, 2.05) is 25.1 Å². The van der Waals surface area contributed by atoms with E-state index < -0.39 is 5.97 Å². The average Bonchev–Trinajstić information content (AvgIpc) is 2.68. The molecule has 0 N–H and O–H groups in total. The molecule has 3 rings (SSSR count). The number of carbonyl (C=O) groups is 2. The smallest absolute Gasteiger partial charge is 0.341 e. The van der Waals surface area contributed by atoms with E-state index in [2.05, 4.69) is 9.88 Å². The molecule has 2 aromatic rings. The van der Waals surface area contributed by atoms with Crippen LogP contribution in [0.4, 0.5) is 5.69 Å². The van der Waals surface area contributed by atoms with Gasteiger partial charge in [-0.15, -0.1) is 0 Å². The molecular formula is C19H19Cl2N3O3. The molecule has 0 unspecified atom stereocenters. The van der Waals surface area contributed by atoms with Gasteiger partial charge in [-0.1, -0.05) is 29.3 Å². The Kier molecular flexibility index (Phi) is 6.19. The lowest BCUT2D eigenvalue weighted by Crippen LogP contribution is -2.50. The molecule has 1 aliphatic heterocycles. The molecule has 1 amide bonds. The number of pyridine rings is 1. The van der Waals surface area contributed by atoms with Gasteiger partial charge in [-0.2, -0.15) is 0 Å². The minimum Gasteiger partial charge on any atom is -0.452 e. The van der Waals surface area contributed by atoms with Crippen LogP contribution in [-0.4, -0.2) is 54.5 Å². The summed E-state index contributed by atoms with van der Waals surface area (Å²) in [5, 5.41) is 0.746. The average molecular weight is 408 g/mol. The number of anilines is 1. The fraction of sp³-hybridized carbons (Fsp3) is 0.316. The van der Waals surface area contributed by atoms with Crippen LogP contribution in [0.3, 0.4) is 0 Å². The van der Waals surface area contributed by atoms with Crippen LogP contribution in [-0.2, 0) is 9.53 Å². The zero-order valence-electron chi connectivity index (χ0n) is 14.8. The van der Waals surface area contributed by atoms with Gasteiger partial charge in [0, 0.05) is 43.1 Å². The number of carbonyl (C=O) groups excluding carboxylic acids is 2. The molecule has 0 spiro atoms. The van der Waals surface area contributed by atoms with Gasteiger partial charge in [0.25, 0.3) is 5.91 Å². The van der Waals surface area contributed by atoms with E-state index in [0.717, 1.165) is 11.3 Å². The molecule has 0 saturated carbocycles. The zero-order valence-corrected chi connectivity index (χ0v) is 16.3. The predicted octanol–water partition coefficient (Wildman–Crippen LogP) is 3.20. The molecule has 8 heteroatoms. The largest absolute Gasteiger partial charge is 0.452 e. The summed E-state index contributed by atoms with van der Waals surface area (Å²) >= 11 is 12.0. The molecular weight excluding hydrogens is 389 g/mol. The third kappa shape index (κ3) is 4.70. The lowest BCUT2D eigenvalue weighted by molar-refractivity contribution is -0.134. The van der Waals surface area contributed by atoms with Gasteiger partial charge in [0.1, 0.15) is 5.15 Å².